The Morgan fingerprint density at radius 1 is 1.27 bits per heavy atom. The van der Waals surface area contributed by atoms with Crippen LogP contribution in [0.4, 0.5) is 4.39 Å². The highest BCUT2D eigenvalue weighted by Gasteiger charge is 2.06. The Morgan fingerprint density at radius 2 is 2.14 bits per heavy atom. The SMILES string of the molecule is Cn1cnc2cc(CCNC(=O)c3cccc(F)c3)ccc21. The number of hydrogen-bond donors (Lipinski definition) is 1. The Hall–Kier alpha value is -2.69. The van der Waals surface area contributed by atoms with E-state index in [0.29, 0.717) is 18.5 Å². The van der Waals surface area contributed by atoms with Crippen molar-refractivity contribution in [3.8, 4) is 0 Å². The van der Waals surface area contributed by atoms with Crippen LogP contribution in [-0.4, -0.2) is 22.0 Å². The average molecular weight is 297 g/mol. The fourth-order valence-electron chi connectivity index (χ4n) is 2.39. The molecular weight excluding hydrogens is 281 g/mol. The maximum atomic E-state index is 13.1. The number of carbonyl (C=O) groups is 1. The molecule has 1 aromatic heterocycles. The Labute approximate surface area is 127 Å². The third-order valence-electron chi connectivity index (χ3n) is 3.58. The van der Waals surface area contributed by atoms with Gasteiger partial charge in [-0.05, 0) is 42.3 Å². The predicted octanol–water partition coefficient (Wildman–Crippen LogP) is 2.68. The first-order valence-electron chi connectivity index (χ1n) is 7.07. The molecule has 0 unspecified atom stereocenters. The molecule has 0 saturated heterocycles. The summed E-state index contributed by atoms with van der Waals surface area (Å²) in [6.45, 7) is 0.494. The number of nitrogens with one attached hydrogen (secondary N) is 1. The lowest BCUT2D eigenvalue weighted by molar-refractivity contribution is 0.0953. The molecule has 0 bridgehead atoms. The molecule has 112 valence electrons. The summed E-state index contributed by atoms with van der Waals surface area (Å²) in [5.41, 5.74) is 3.45. The fraction of sp³-hybridized carbons (Fsp3) is 0.176. The maximum absolute atomic E-state index is 13.1. The van der Waals surface area contributed by atoms with Gasteiger partial charge in [0, 0.05) is 19.2 Å². The van der Waals surface area contributed by atoms with Crippen LogP contribution in [0.3, 0.4) is 0 Å². The van der Waals surface area contributed by atoms with Crippen molar-refractivity contribution in [1.29, 1.82) is 0 Å². The largest absolute Gasteiger partial charge is 0.352 e. The number of nitrogens with zero attached hydrogens (tertiary/aromatic N) is 2. The number of aryl methyl sites for hydroxylation is 1. The molecule has 0 spiro atoms. The number of amides is 1. The van der Waals surface area contributed by atoms with E-state index in [-0.39, 0.29) is 5.91 Å². The van der Waals surface area contributed by atoms with Crippen LogP contribution in [0, 0.1) is 5.82 Å². The standard InChI is InChI=1S/C17H16FN3O/c1-21-11-20-15-9-12(5-6-16(15)21)7-8-19-17(22)13-3-2-4-14(18)10-13/h2-6,9-11H,7-8H2,1H3,(H,19,22). The minimum atomic E-state index is -0.409. The molecule has 0 fully saturated rings. The lowest BCUT2D eigenvalue weighted by Crippen LogP contribution is -2.25. The molecule has 4 nitrogen and oxygen atoms in total. The summed E-state index contributed by atoms with van der Waals surface area (Å²) in [5.74, 6) is -0.674. The van der Waals surface area contributed by atoms with E-state index < -0.39 is 5.82 Å². The molecule has 1 heterocycles. The highest BCUT2D eigenvalue weighted by atomic mass is 19.1. The zero-order chi connectivity index (χ0) is 15.5. The van der Waals surface area contributed by atoms with Crippen LogP contribution >= 0.6 is 0 Å². The van der Waals surface area contributed by atoms with Crippen molar-refractivity contribution in [2.24, 2.45) is 7.05 Å². The van der Waals surface area contributed by atoms with Gasteiger partial charge in [-0.2, -0.15) is 0 Å². The number of aromatic nitrogens is 2. The molecule has 2 aromatic carbocycles. The van der Waals surface area contributed by atoms with Crippen LogP contribution in [0.5, 0.6) is 0 Å². The van der Waals surface area contributed by atoms with Gasteiger partial charge in [0.1, 0.15) is 5.82 Å². The van der Waals surface area contributed by atoms with E-state index >= 15 is 0 Å². The average Bonchev–Trinajstić information content (AvgIpc) is 2.88. The normalized spacial score (nSPS) is 10.8. The van der Waals surface area contributed by atoms with E-state index in [1.807, 2.05) is 29.8 Å². The van der Waals surface area contributed by atoms with Gasteiger partial charge in [-0.1, -0.05) is 12.1 Å². The third kappa shape index (κ3) is 2.98. The van der Waals surface area contributed by atoms with Crippen LogP contribution in [0.25, 0.3) is 11.0 Å². The van der Waals surface area contributed by atoms with Gasteiger partial charge in [0.05, 0.1) is 17.4 Å². The summed E-state index contributed by atoms with van der Waals surface area (Å²) in [6, 6.07) is 11.7. The molecule has 1 amide bonds. The van der Waals surface area contributed by atoms with Gasteiger partial charge < -0.3 is 9.88 Å². The Balaban J connectivity index is 1.61. The van der Waals surface area contributed by atoms with Crippen molar-refractivity contribution in [1.82, 2.24) is 14.9 Å². The van der Waals surface area contributed by atoms with E-state index in [0.717, 1.165) is 16.6 Å². The molecule has 22 heavy (non-hydrogen) atoms. The summed E-state index contributed by atoms with van der Waals surface area (Å²) in [6.07, 6.45) is 2.48. The second-order valence-electron chi connectivity index (χ2n) is 5.19. The lowest BCUT2D eigenvalue weighted by atomic mass is 10.1. The minimum Gasteiger partial charge on any atom is -0.352 e. The molecule has 3 rings (SSSR count). The minimum absolute atomic E-state index is 0.265. The van der Waals surface area contributed by atoms with Crippen molar-refractivity contribution in [3.63, 3.8) is 0 Å². The van der Waals surface area contributed by atoms with Crippen molar-refractivity contribution in [3.05, 3.63) is 65.7 Å². The van der Waals surface area contributed by atoms with E-state index in [1.54, 1.807) is 12.4 Å². The predicted molar refractivity (Wildman–Crippen MR) is 83.2 cm³/mol. The van der Waals surface area contributed by atoms with Crippen LogP contribution in [0.1, 0.15) is 15.9 Å². The summed E-state index contributed by atoms with van der Waals surface area (Å²) >= 11 is 0. The monoisotopic (exact) mass is 297 g/mol. The van der Waals surface area contributed by atoms with E-state index in [9.17, 15) is 9.18 Å². The van der Waals surface area contributed by atoms with Crippen molar-refractivity contribution < 1.29 is 9.18 Å². The Kier molecular flexibility index (Phi) is 3.87. The molecule has 0 atom stereocenters. The molecular formula is C17H16FN3O. The first kappa shape index (κ1) is 14.3. The van der Waals surface area contributed by atoms with Crippen LogP contribution in [0.2, 0.25) is 0 Å². The van der Waals surface area contributed by atoms with Gasteiger partial charge in [-0.3, -0.25) is 4.79 Å². The summed E-state index contributed by atoms with van der Waals surface area (Å²) in [4.78, 5) is 16.2. The van der Waals surface area contributed by atoms with Gasteiger partial charge >= 0.3 is 0 Å². The molecule has 1 N–H and O–H groups in total. The number of benzene rings is 2. The highest BCUT2D eigenvalue weighted by molar-refractivity contribution is 5.94. The highest BCUT2D eigenvalue weighted by Crippen LogP contribution is 2.14. The summed E-state index contributed by atoms with van der Waals surface area (Å²) in [5, 5.41) is 2.80. The van der Waals surface area contributed by atoms with Gasteiger partial charge in [0.25, 0.3) is 5.91 Å². The number of hydrogen-bond acceptors (Lipinski definition) is 2. The second-order valence-corrected chi connectivity index (χ2v) is 5.19. The molecule has 0 aliphatic carbocycles. The Morgan fingerprint density at radius 3 is 2.95 bits per heavy atom. The Bertz CT molecular complexity index is 826. The topological polar surface area (TPSA) is 46.9 Å². The zero-order valence-electron chi connectivity index (χ0n) is 12.2. The molecule has 5 heteroatoms. The van der Waals surface area contributed by atoms with E-state index in [1.165, 1.54) is 18.2 Å². The summed E-state index contributed by atoms with van der Waals surface area (Å²) in [7, 11) is 1.95. The number of imidazole rings is 1. The second kappa shape index (κ2) is 5.97. The van der Waals surface area contributed by atoms with Gasteiger partial charge in [0.15, 0.2) is 0 Å². The molecule has 0 radical (unpaired) electrons. The molecule has 0 aliphatic heterocycles. The zero-order valence-corrected chi connectivity index (χ0v) is 12.2. The van der Waals surface area contributed by atoms with Crippen molar-refractivity contribution in [2.45, 2.75) is 6.42 Å². The number of rotatable bonds is 4. The number of fused-ring (bicyclic) bond motifs is 1. The molecule has 0 aliphatic rings. The van der Waals surface area contributed by atoms with Crippen LogP contribution in [0.15, 0.2) is 48.8 Å². The molecule has 3 aromatic rings. The van der Waals surface area contributed by atoms with Crippen LogP contribution in [-0.2, 0) is 13.5 Å². The smallest absolute Gasteiger partial charge is 0.251 e. The van der Waals surface area contributed by atoms with Crippen LogP contribution < -0.4 is 5.32 Å². The first-order chi connectivity index (χ1) is 10.6. The third-order valence-corrected chi connectivity index (χ3v) is 3.58. The van der Waals surface area contributed by atoms with Crippen molar-refractivity contribution >= 4 is 16.9 Å². The van der Waals surface area contributed by atoms with Gasteiger partial charge in [-0.15, -0.1) is 0 Å². The fourth-order valence-corrected chi connectivity index (χ4v) is 2.39. The lowest BCUT2D eigenvalue weighted by Gasteiger charge is -2.06. The van der Waals surface area contributed by atoms with E-state index in [4.69, 9.17) is 0 Å². The summed E-state index contributed by atoms with van der Waals surface area (Å²) < 4.78 is 15.0. The van der Waals surface area contributed by atoms with E-state index in [2.05, 4.69) is 10.3 Å². The first-order valence-corrected chi connectivity index (χ1v) is 7.07. The van der Waals surface area contributed by atoms with Gasteiger partial charge in [0.2, 0.25) is 0 Å². The quantitative estimate of drug-likeness (QED) is 0.805. The van der Waals surface area contributed by atoms with Crippen molar-refractivity contribution in [2.75, 3.05) is 6.54 Å². The van der Waals surface area contributed by atoms with Gasteiger partial charge in [-0.25, -0.2) is 9.37 Å². The maximum Gasteiger partial charge on any atom is 0.251 e. The number of carbonyl (C=O) groups excluding carboxylic acids is 1. The number of halogens is 1. The molecule has 0 saturated carbocycles.